The molecule has 0 unspecified atom stereocenters. The average Bonchev–Trinajstić information content (AvgIpc) is 3.07. The Bertz CT molecular complexity index is 830. The van der Waals surface area contributed by atoms with Gasteiger partial charge in [0.2, 0.25) is 0 Å². The maximum absolute atomic E-state index is 12.2. The third kappa shape index (κ3) is 4.16. The van der Waals surface area contributed by atoms with Crippen molar-refractivity contribution in [2.24, 2.45) is 10.9 Å². The van der Waals surface area contributed by atoms with E-state index in [1.165, 1.54) is 11.8 Å². The second-order valence-corrected chi connectivity index (χ2v) is 10.6. The van der Waals surface area contributed by atoms with Gasteiger partial charge in [0.25, 0.3) is 5.91 Å². The van der Waals surface area contributed by atoms with Crippen molar-refractivity contribution in [3.8, 4) is 0 Å². The van der Waals surface area contributed by atoms with E-state index < -0.39 is 9.84 Å². The van der Waals surface area contributed by atoms with E-state index in [1.54, 1.807) is 0 Å². The van der Waals surface area contributed by atoms with Gasteiger partial charge in [-0.2, -0.15) is 4.99 Å². The molecule has 27 heavy (non-hydrogen) atoms. The second-order valence-electron chi connectivity index (χ2n) is 7.25. The molecule has 0 aliphatic carbocycles. The van der Waals surface area contributed by atoms with Gasteiger partial charge in [-0.3, -0.25) is 4.79 Å². The van der Waals surface area contributed by atoms with E-state index in [4.69, 9.17) is 0 Å². The number of nitrogens with zero attached hydrogens (tertiary/aromatic N) is 3. The lowest BCUT2D eigenvalue weighted by Gasteiger charge is -2.26. The number of amides is 1. The molecule has 148 valence electrons. The maximum atomic E-state index is 12.2. The van der Waals surface area contributed by atoms with E-state index in [1.807, 2.05) is 43.0 Å². The first kappa shape index (κ1) is 20.2. The highest BCUT2D eigenvalue weighted by Gasteiger charge is 2.49. The SMILES string of the molecule is CCN(CC)c1ccc(N2C(=NC(=O)C(C)C)S[C@@H]3CS(=O)(=O)C[C@@H]32)cc1. The Kier molecular flexibility index (Phi) is 5.86. The summed E-state index contributed by atoms with van der Waals surface area (Å²) < 4.78 is 24.3. The van der Waals surface area contributed by atoms with Crippen LogP contribution in [0.25, 0.3) is 0 Å². The first-order valence-electron chi connectivity index (χ1n) is 9.39. The molecular weight excluding hydrogens is 382 g/mol. The predicted octanol–water partition coefficient (Wildman–Crippen LogP) is 2.79. The third-order valence-electron chi connectivity index (χ3n) is 5.02. The number of amidine groups is 1. The van der Waals surface area contributed by atoms with Gasteiger partial charge in [0.05, 0.1) is 17.5 Å². The van der Waals surface area contributed by atoms with Gasteiger partial charge in [-0.25, -0.2) is 8.42 Å². The fourth-order valence-corrected chi connectivity index (χ4v) is 7.42. The molecule has 2 aliphatic heterocycles. The number of anilines is 2. The molecule has 2 atom stereocenters. The zero-order chi connectivity index (χ0) is 19.8. The van der Waals surface area contributed by atoms with Crippen molar-refractivity contribution in [2.75, 3.05) is 34.4 Å². The Morgan fingerprint density at radius 2 is 1.85 bits per heavy atom. The zero-order valence-electron chi connectivity index (χ0n) is 16.3. The van der Waals surface area contributed by atoms with E-state index in [9.17, 15) is 13.2 Å². The van der Waals surface area contributed by atoms with Crippen LogP contribution in [0.2, 0.25) is 0 Å². The molecule has 3 rings (SSSR count). The molecule has 0 spiro atoms. The van der Waals surface area contributed by atoms with Gasteiger partial charge in [0, 0.05) is 35.6 Å². The van der Waals surface area contributed by atoms with Crippen LogP contribution in [0.5, 0.6) is 0 Å². The van der Waals surface area contributed by atoms with E-state index in [0.717, 1.165) is 24.5 Å². The third-order valence-corrected chi connectivity index (χ3v) is 8.23. The largest absolute Gasteiger partial charge is 0.372 e. The molecule has 0 radical (unpaired) electrons. The first-order chi connectivity index (χ1) is 12.8. The van der Waals surface area contributed by atoms with Gasteiger partial charge in [-0.1, -0.05) is 25.6 Å². The van der Waals surface area contributed by atoms with Crippen LogP contribution in [0.15, 0.2) is 29.3 Å². The number of aliphatic imine (C=N–C) groups is 1. The molecule has 0 bridgehead atoms. The van der Waals surface area contributed by atoms with Crippen LogP contribution in [0.1, 0.15) is 27.7 Å². The van der Waals surface area contributed by atoms with Crippen molar-refractivity contribution >= 4 is 44.0 Å². The lowest BCUT2D eigenvalue weighted by molar-refractivity contribution is -0.120. The van der Waals surface area contributed by atoms with E-state index in [-0.39, 0.29) is 34.6 Å². The summed E-state index contributed by atoms with van der Waals surface area (Å²) in [5, 5.41) is 0.547. The number of carbonyl (C=O) groups is 1. The van der Waals surface area contributed by atoms with Crippen LogP contribution in [-0.4, -0.2) is 55.4 Å². The molecule has 8 heteroatoms. The molecule has 0 N–H and O–H groups in total. The van der Waals surface area contributed by atoms with Crippen molar-refractivity contribution in [3.63, 3.8) is 0 Å². The van der Waals surface area contributed by atoms with Crippen LogP contribution in [0.4, 0.5) is 11.4 Å². The Labute approximate surface area is 165 Å². The summed E-state index contributed by atoms with van der Waals surface area (Å²) in [5.74, 6) is -0.109. The van der Waals surface area contributed by atoms with Crippen molar-refractivity contribution in [1.82, 2.24) is 0 Å². The molecule has 0 aromatic heterocycles. The van der Waals surface area contributed by atoms with Crippen LogP contribution in [0.3, 0.4) is 0 Å². The van der Waals surface area contributed by atoms with Crippen molar-refractivity contribution in [2.45, 2.75) is 39.0 Å². The Balaban J connectivity index is 1.96. The molecule has 2 aliphatic rings. The quantitative estimate of drug-likeness (QED) is 0.745. The number of rotatable bonds is 5. The normalized spacial score (nSPS) is 25.2. The smallest absolute Gasteiger partial charge is 0.250 e. The Hall–Kier alpha value is -1.54. The zero-order valence-corrected chi connectivity index (χ0v) is 17.9. The lowest BCUT2D eigenvalue weighted by Crippen LogP contribution is -2.37. The molecule has 0 saturated carbocycles. The number of hydrogen-bond donors (Lipinski definition) is 0. The molecule has 2 saturated heterocycles. The monoisotopic (exact) mass is 409 g/mol. The van der Waals surface area contributed by atoms with Crippen LogP contribution < -0.4 is 9.80 Å². The predicted molar refractivity (Wildman–Crippen MR) is 114 cm³/mol. The minimum Gasteiger partial charge on any atom is -0.372 e. The molecular formula is C19H27N3O3S2. The highest BCUT2D eigenvalue weighted by atomic mass is 32.2. The van der Waals surface area contributed by atoms with Gasteiger partial charge < -0.3 is 9.80 Å². The Morgan fingerprint density at radius 3 is 2.41 bits per heavy atom. The standard InChI is InChI=1S/C19H27N3O3S2/c1-5-21(6-2)14-7-9-15(10-8-14)22-16-11-27(24,25)12-17(16)26-19(22)20-18(23)13(3)4/h7-10,13,16-17H,5-6,11-12H2,1-4H3/t16-,17+/m0/s1. The summed E-state index contributed by atoms with van der Waals surface area (Å²) in [7, 11) is -3.05. The summed E-state index contributed by atoms with van der Waals surface area (Å²) in [6, 6.07) is 7.92. The van der Waals surface area contributed by atoms with Crippen molar-refractivity contribution in [3.05, 3.63) is 24.3 Å². The van der Waals surface area contributed by atoms with Crippen LogP contribution in [-0.2, 0) is 14.6 Å². The lowest BCUT2D eigenvalue weighted by atomic mass is 10.2. The number of sulfone groups is 1. The number of thioether (sulfide) groups is 1. The molecule has 1 amide bonds. The number of benzene rings is 1. The molecule has 2 heterocycles. The van der Waals surface area contributed by atoms with Crippen molar-refractivity contribution < 1.29 is 13.2 Å². The van der Waals surface area contributed by atoms with Crippen molar-refractivity contribution in [1.29, 1.82) is 0 Å². The molecule has 6 nitrogen and oxygen atoms in total. The van der Waals surface area contributed by atoms with E-state index in [2.05, 4.69) is 23.7 Å². The highest BCUT2D eigenvalue weighted by Crippen LogP contribution is 2.41. The molecule has 1 aromatic rings. The first-order valence-corrected chi connectivity index (χ1v) is 12.1. The summed E-state index contributed by atoms with van der Waals surface area (Å²) in [6.45, 7) is 9.72. The minimum atomic E-state index is -3.05. The topological polar surface area (TPSA) is 70.0 Å². The summed E-state index contributed by atoms with van der Waals surface area (Å²) in [5.41, 5.74) is 2.02. The number of carbonyl (C=O) groups excluding carboxylic acids is 1. The van der Waals surface area contributed by atoms with Crippen LogP contribution in [0, 0.1) is 5.92 Å². The second kappa shape index (κ2) is 7.83. The van der Waals surface area contributed by atoms with Crippen LogP contribution >= 0.6 is 11.8 Å². The van der Waals surface area contributed by atoms with Gasteiger partial charge in [-0.05, 0) is 38.1 Å². The summed E-state index contributed by atoms with van der Waals surface area (Å²) in [4.78, 5) is 20.7. The number of fused-ring (bicyclic) bond motifs is 1. The Morgan fingerprint density at radius 1 is 1.22 bits per heavy atom. The molecule has 1 aromatic carbocycles. The fraction of sp³-hybridized carbons (Fsp3) is 0.579. The summed E-state index contributed by atoms with van der Waals surface area (Å²) in [6.07, 6.45) is 0. The minimum absolute atomic E-state index is 0.0730. The fourth-order valence-electron chi connectivity index (χ4n) is 3.50. The summed E-state index contributed by atoms with van der Waals surface area (Å²) >= 11 is 1.42. The van der Waals surface area contributed by atoms with Gasteiger partial charge in [-0.15, -0.1) is 0 Å². The highest BCUT2D eigenvalue weighted by molar-refractivity contribution is 8.16. The number of hydrogen-bond acceptors (Lipinski definition) is 5. The average molecular weight is 410 g/mol. The maximum Gasteiger partial charge on any atom is 0.250 e. The van der Waals surface area contributed by atoms with Gasteiger partial charge in [0.15, 0.2) is 15.0 Å². The van der Waals surface area contributed by atoms with E-state index >= 15 is 0 Å². The molecule has 2 fully saturated rings. The van der Waals surface area contributed by atoms with E-state index in [0.29, 0.717) is 5.17 Å². The van der Waals surface area contributed by atoms with Gasteiger partial charge >= 0.3 is 0 Å². The van der Waals surface area contributed by atoms with Gasteiger partial charge in [0.1, 0.15) is 0 Å².